The van der Waals surface area contributed by atoms with Crippen LogP contribution in [0.1, 0.15) is 44.8 Å². The molecule has 12 nitrogen and oxygen atoms in total. The molecule has 0 unspecified atom stereocenters. The second-order valence-corrected chi connectivity index (χ2v) is 18.4. The van der Waals surface area contributed by atoms with E-state index in [1.165, 1.54) is 33.4 Å². The van der Waals surface area contributed by atoms with E-state index in [2.05, 4.69) is 117 Å². The first-order valence-electron chi connectivity index (χ1n) is 21.7. The van der Waals surface area contributed by atoms with Gasteiger partial charge >= 0.3 is 10.4 Å². The van der Waals surface area contributed by atoms with E-state index in [4.69, 9.17) is 86.9 Å². The van der Waals surface area contributed by atoms with Gasteiger partial charge in [0.2, 0.25) is 11.9 Å². The Bertz CT molecular complexity index is 2880. The molecule has 6 aromatic carbocycles. The van der Waals surface area contributed by atoms with Crippen molar-refractivity contribution < 1.29 is 17.5 Å². The highest BCUT2D eigenvalue weighted by Crippen LogP contribution is 2.35. The molecule has 0 aliphatic carbocycles. The highest BCUT2D eigenvalue weighted by atomic mass is 35.5. The molecule has 0 amide bonds. The van der Waals surface area contributed by atoms with Gasteiger partial charge in [-0.25, -0.2) is 9.97 Å². The summed E-state index contributed by atoms with van der Waals surface area (Å²) in [4.78, 5) is 17.2. The number of rotatable bonds is 14. The smallest absolute Gasteiger partial charge is 0.383 e. The van der Waals surface area contributed by atoms with Gasteiger partial charge in [-0.15, -0.1) is 0 Å². The maximum Gasteiger partial charge on any atom is 0.394 e. The van der Waals surface area contributed by atoms with Gasteiger partial charge in [0.1, 0.15) is 11.6 Å². The molecule has 0 bridgehead atoms. The topological polar surface area (TPSA) is 230 Å². The number of nitrogen functional groups attached to an aromatic ring is 4. The monoisotopic (exact) mass is 1020 g/mol. The van der Waals surface area contributed by atoms with Crippen LogP contribution in [-0.4, -0.2) is 37.5 Å². The average molecular weight is 1020 g/mol. The molecule has 10 N–H and O–H groups in total. The molecule has 0 spiro atoms. The lowest BCUT2D eigenvalue weighted by atomic mass is 9.98. The fourth-order valence-corrected chi connectivity index (χ4v) is 8.12. The Morgan fingerprint density at radius 1 is 0.377 bits per heavy atom. The van der Waals surface area contributed by atoms with Crippen molar-refractivity contribution >= 4 is 80.3 Å². The Morgan fingerprint density at radius 3 is 0.942 bits per heavy atom. The van der Waals surface area contributed by atoms with Gasteiger partial charge in [-0.3, -0.25) is 9.11 Å². The van der Waals surface area contributed by atoms with Gasteiger partial charge in [0.15, 0.2) is 0 Å². The van der Waals surface area contributed by atoms with Crippen LogP contribution >= 0.6 is 46.4 Å². The molecule has 8 rings (SSSR count). The van der Waals surface area contributed by atoms with Gasteiger partial charge in [0, 0.05) is 11.1 Å². The Morgan fingerprint density at radius 2 is 0.652 bits per heavy atom. The molecule has 2 heterocycles. The van der Waals surface area contributed by atoms with E-state index in [0.29, 0.717) is 44.6 Å². The van der Waals surface area contributed by atoms with Crippen molar-refractivity contribution in [1.29, 1.82) is 0 Å². The first-order chi connectivity index (χ1) is 33.0. The number of benzene rings is 6. The molecule has 0 saturated carbocycles. The summed E-state index contributed by atoms with van der Waals surface area (Å²) in [6.07, 6.45) is 7.08. The number of aromatic nitrogens is 4. The first-order valence-corrected chi connectivity index (χ1v) is 24.6. The zero-order valence-corrected chi connectivity index (χ0v) is 41.1. The van der Waals surface area contributed by atoms with E-state index in [-0.39, 0.29) is 11.9 Å². The van der Waals surface area contributed by atoms with E-state index in [1.807, 2.05) is 24.3 Å². The maximum absolute atomic E-state index is 8.74. The summed E-state index contributed by atoms with van der Waals surface area (Å²) in [7, 11) is -4.67. The zero-order chi connectivity index (χ0) is 49.5. The second-order valence-electron chi connectivity index (χ2n) is 15.9. The Hall–Kier alpha value is -6.29. The fraction of sp³-hybridized carbons (Fsp3) is 0.154. The van der Waals surface area contributed by atoms with Crippen molar-refractivity contribution in [1.82, 2.24) is 19.9 Å². The van der Waals surface area contributed by atoms with Gasteiger partial charge in [-0.2, -0.15) is 18.4 Å². The van der Waals surface area contributed by atoms with Crippen LogP contribution in [0.3, 0.4) is 0 Å². The zero-order valence-electron chi connectivity index (χ0n) is 37.2. The van der Waals surface area contributed by atoms with E-state index < -0.39 is 10.4 Å². The second kappa shape index (κ2) is 24.8. The Kier molecular flexibility index (Phi) is 18.7. The van der Waals surface area contributed by atoms with Crippen molar-refractivity contribution in [3.05, 3.63) is 210 Å². The predicted octanol–water partition coefficient (Wildman–Crippen LogP) is 11.7. The van der Waals surface area contributed by atoms with E-state index in [0.717, 1.165) is 72.2 Å². The number of halogens is 4. The van der Waals surface area contributed by atoms with Gasteiger partial charge in [0.25, 0.3) is 0 Å². The third kappa shape index (κ3) is 16.4. The van der Waals surface area contributed by atoms with Gasteiger partial charge in [-0.1, -0.05) is 168 Å². The SMILES string of the molecule is Nc1nc(N)c(-c2ccc(Cl)c(Cl)c2)c(CCc2ccc(CCc3ccccc3)cc2)n1.Nc1nc(N)c(-c2ccc(Cl)c(Cl)c2)c(CCc2ccc(CCc3ccccc3)cc2)n1.O=S(=O)(O)O. The number of nitrogens with two attached hydrogens (primary N) is 4. The van der Waals surface area contributed by atoms with Crippen LogP contribution in [0.25, 0.3) is 22.3 Å². The highest BCUT2D eigenvalue weighted by molar-refractivity contribution is 7.79. The summed E-state index contributed by atoms with van der Waals surface area (Å²) in [5.74, 6) is 0.999. The van der Waals surface area contributed by atoms with E-state index in [9.17, 15) is 0 Å². The molecule has 2 aromatic heterocycles. The largest absolute Gasteiger partial charge is 0.394 e. The summed E-state index contributed by atoms with van der Waals surface area (Å²) < 4.78 is 31.6. The van der Waals surface area contributed by atoms with Gasteiger partial charge in [-0.05, 0) is 120 Å². The quantitative estimate of drug-likeness (QED) is 0.0559. The summed E-state index contributed by atoms with van der Waals surface area (Å²) in [5, 5.41) is 1.88. The lowest BCUT2D eigenvalue weighted by Crippen LogP contribution is -2.08. The van der Waals surface area contributed by atoms with Crippen LogP contribution in [-0.2, 0) is 61.8 Å². The van der Waals surface area contributed by atoms with Crippen LogP contribution in [0.4, 0.5) is 23.5 Å². The third-order valence-electron chi connectivity index (χ3n) is 10.9. The Balaban J connectivity index is 0.000000207. The van der Waals surface area contributed by atoms with Crippen LogP contribution in [0, 0.1) is 0 Å². The molecule has 8 aromatic rings. The lowest BCUT2D eigenvalue weighted by molar-refractivity contribution is 0.381. The van der Waals surface area contributed by atoms with Crippen molar-refractivity contribution in [3.8, 4) is 22.3 Å². The molecule has 0 saturated heterocycles. The minimum atomic E-state index is -4.67. The molecular weight excluding hydrogens is 975 g/mol. The molecule has 0 aliphatic heterocycles. The lowest BCUT2D eigenvalue weighted by Gasteiger charge is -2.13. The summed E-state index contributed by atoms with van der Waals surface area (Å²) >= 11 is 24.6. The van der Waals surface area contributed by atoms with E-state index in [1.54, 1.807) is 24.3 Å². The Labute approximate surface area is 422 Å². The van der Waals surface area contributed by atoms with Crippen LogP contribution < -0.4 is 22.9 Å². The van der Waals surface area contributed by atoms with Crippen molar-refractivity contribution in [2.24, 2.45) is 0 Å². The summed E-state index contributed by atoms with van der Waals surface area (Å²) in [6.45, 7) is 0. The molecule has 356 valence electrons. The molecular formula is C52H50Cl4N8O4S. The standard InChI is InChI=1S/2C26H24Cl2N4.H2O4S/c2*27-21-14-13-20(16-22(21)28)24-23(31-26(30)32-25(24)29)15-12-19-10-8-18(9-11-19)7-6-17-4-2-1-3-5-17;1-5(2,3)4/h2*1-5,8-11,13-14,16H,6-7,12,15H2,(H4,29,30,31,32);(H2,1,2,3,4). The van der Waals surface area contributed by atoms with Crippen LogP contribution in [0.5, 0.6) is 0 Å². The molecule has 0 atom stereocenters. The number of aryl methyl sites for hydroxylation is 8. The first kappa shape index (κ1) is 52.1. The number of hydrogen-bond acceptors (Lipinski definition) is 10. The molecule has 69 heavy (non-hydrogen) atoms. The fourth-order valence-electron chi connectivity index (χ4n) is 7.52. The van der Waals surface area contributed by atoms with Gasteiger partial charge in [0.05, 0.1) is 31.5 Å². The normalized spacial score (nSPS) is 11.0. The van der Waals surface area contributed by atoms with Crippen molar-refractivity contribution in [2.75, 3.05) is 22.9 Å². The average Bonchev–Trinajstić information content (AvgIpc) is 3.31. The highest BCUT2D eigenvalue weighted by Gasteiger charge is 2.17. The minimum Gasteiger partial charge on any atom is -0.383 e. The molecule has 0 aliphatic rings. The van der Waals surface area contributed by atoms with Crippen molar-refractivity contribution in [3.63, 3.8) is 0 Å². The number of anilines is 4. The number of hydrogen-bond donors (Lipinski definition) is 6. The number of nitrogens with zero attached hydrogens (tertiary/aromatic N) is 4. The summed E-state index contributed by atoms with van der Waals surface area (Å²) in [6, 6.07) is 49.3. The molecule has 17 heteroatoms. The molecule has 0 fully saturated rings. The van der Waals surface area contributed by atoms with Crippen LogP contribution in [0.2, 0.25) is 20.1 Å². The summed E-state index contributed by atoms with van der Waals surface area (Å²) in [5.41, 5.74) is 36.7. The predicted molar refractivity (Wildman–Crippen MR) is 282 cm³/mol. The van der Waals surface area contributed by atoms with E-state index >= 15 is 0 Å². The third-order valence-corrected chi connectivity index (χ3v) is 12.4. The van der Waals surface area contributed by atoms with Crippen LogP contribution in [0.15, 0.2) is 146 Å². The maximum atomic E-state index is 8.74. The van der Waals surface area contributed by atoms with Crippen molar-refractivity contribution in [2.45, 2.75) is 51.4 Å². The minimum absolute atomic E-state index is 0.164. The van der Waals surface area contributed by atoms with Gasteiger partial charge < -0.3 is 22.9 Å². The molecule has 0 radical (unpaired) electrons.